The molecule has 4 heterocycles. The maximum absolute atomic E-state index is 14.3. The molecule has 62 heavy (non-hydrogen) atoms. The summed E-state index contributed by atoms with van der Waals surface area (Å²) in [7, 11) is 0. The van der Waals surface area contributed by atoms with E-state index in [0.717, 1.165) is 56.2 Å². The highest BCUT2D eigenvalue weighted by Crippen LogP contribution is 2.45. The fourth-order valence-corrected chi connectivity index (χ4v) is 7.24. The zero-order valence-electron chi connectivity index (χ0n) is 34.2. The fourth-order valence-electron chi connectivity index (χ4n) is 7.24. The van der Waals surface area contributed by atoms with Gasteiger partial charge in [-0.2, -0.15) is 26.3 Å². The number of Topliss-reactive ketones (excluding diaryl/α,β-unsaturated/α-hetero) is 1. The number of morpholine rings is 2. The van der Waals surface area contributed by atoms with Crippen molar-refractivity contribution < 1.29 is 55.9 Å². The summed E-state index contributed by atoms with van der Waals surface area (Å²) in [4.78, 5) is 23.8. The lowest BCUT2D eigenvalue weighted by Gasteiger charge is -2.31. The Bertz CT molecular complexity index is 2410. The Kier molecular flexibility index (Phi) is 14.6. The molecule has 6 aromatic rings. The minimum absolute atomic E-state index is 0.200. The molecule has 1 atom stereocenters. The highest BCUT2D eigenvalue weighted by atomic mass is 19.4. The maximum atomic E-state index is 14.3. The first kappa shape index (κ1) is 46.0. The lowest BCUT2D eigenvalue weighted by Crippen LogP contribution is -2.45. The molecule has 18 heteroatoms. The van der Waals surface area contributed by atoms with Crippen molar-refractivity contribution in [2.45, 2.75) is 58.1 Å². The SMILES string of the molecule is CCn1c(C(O)(c2ccc(CO)cc2)C(F)(F)F)nc2ccc(N3CCOCC3)cc21.CCn1cnc2ccc(N3CCOCC3)cc21.O=C(c1ccc(CO)cc1)C(F)(F)F. The molecule has 2 aliphatic heterocycles. The Morgan fingerprint density at radius 3 is 1.65 bits per heavy atom. The molecule has 0 bridgehead atoms. The van der Waals surface area contributed by atoms with Crippen molar-refractivity contribution in [3.05, 3.63) is 119 Å². The van der Waals surface area contributed by atoms with Gasteiger partial charge >= 0.3 is 12.4 Å². The van der Waals surface area contributed by atoms with E-state index in [1.165, 1.54) is 52.2 Å². The number of hydrogen-bond donors (Lipinski definition) is 3. The molecule has 0 aliphatic carbocycles. The van der Waals surface area contributed by atoms with E-state index >= 15 is 0 Å². The predicted octanol–water partition coefficient (Wildman–Crippen LogP) is 7.00. The van der Waals surface area contributed by atoms with Crippen molar-refractivity contribution in [3.63, 3.8) is 0 Å². The number of ketones is 1. The number of aliphatic hydroxyl groups excluding tert-OH is 2. The first-order valence-electron chi connectivity index (χ1n) is 20.0. The fraction of sp³-hybridized carbons (Fsp3) is 0.386. The van der Waals surface area contributed by atoms with Crippen molar-refractivity contribution in [3.8, 4) is 0 Å². The van der Waals surface area contributed by atoms with E-state index in [9.17, 15) is 41.4 Å². The van der Waals surface area contributed by atoms with Crippen LogP contribution in [0.25, 0.3) is 22.1 Å². The number of imidazole rings is 2. The monoisotopic (exact) mass is 870 g/mol. The van der Waals surface area contributed by atoms with Gasteiger partial charge in [0.05, 0.1) is 68.0 Å². The molecular formula is C44H48F6N6O6. The van der Waals surface area contributed by atoms with E-state index in [0.29, 0.717) is 48.5 Å². The average Bonchev–Trinajstić information content (AvgIpc) is 3.89. The first-order valence-corrected chi connectivity index (χ1v) is 20.0. The van der Waals surface area contributed by atoms with Crippen molar-refractivity contribution in [2.75, 3.05) is 62.4 Å². The summed E-state index contributed by atoms with van der Waals surface area (Å²) in [5.41, 5.74) is 2.19. The van der Waals surface area contributed by atoms with Gasteiger partial charge in [0.15, 0.2) is 5.82 Å². The lowest BCUT2D eigenvalue weighted by atomic mass is 9.91. The molecule has 1 unspecified atom stereocenters. The van der Waals surface area contributed by atoms with E-state index in [2.05, 4.69) is 49.5 Å². The summed E-state index contributed by atoms with van der Waals surface area (Å²) >= 11 is 0. The molecule has 2 aliphatic rings. The summed E-state index contributed by atoms with van der Waals surface area (Å²) in [5.74, 6) is -2.35. The minimum atomic E-state index is -5.00. The number of carbonyl (C=O) groups is 1. The lowest BCUT2D eigenvalue weighted by molar-refractivity contribution is -0.252. The number of nitrogens with zero attached hydrogens (tertiary/aromatic N) is 6. The number of aromatic nitrogens is 4. The molecule has 0 saturated carbocycles. The average molecular weight is 871 g/mol. The van der Waals surface area contributed by atoms with Gasteiger partial charge in [-0.25, -0.2) is 9.97 Å². The smallest absolute Gasteiger partial charge is 0.392 e. The number of fused-ring (bicyclic) bond motifs is 2. The Hall–Kier alpha value is -5.53. The van der Waals surface area contributed by atoms with Crippen molar-refractivity contribution in [2.24, 2.45) is 0 Å². The molecular weight excluding hydrogens is 823 g/mol. The summed E-state index contributed by atoms with van der Waals surface area (Å²) < 4.78 is 93.0. The minimum Gasteiger partial charge on any atom is -0.392 e. The normalized spacial score (nSPS) is 15.7. The number of hydrogen-bond acceptors (Lipinski definition) is 10. The highest BCUT2D eigenvalue weighted by Gasteiger charge is 2.59. The summed E-state index contributed by atoms with van der Waals surface area (Å²) in [6.07, 6.45) is -7.94. The van der Waals surface area contributed by atoms with Crippen molar-refractivity contribution in [1.29, 1.82) is 0 Å². The third kappa shape index (κ3) is 10.1. The van der Waals surface area contributed by atoms with Gasteiger partial charge in [-0.1, -0.05) is 48.5 Å². The van der Waals surface area contributed by atoms with Crippen LogP contribution in [-0.2, 0) is 41.4 Å². The van der Waals surface area contributed by atoms with Gasteiger partial charge in [0.1, 0.15) is 0 Å². The van der Waals surface area contributed by atoms with Crippen LogP contribution in [0.15, 0.2) is 91.3 Å². The number of carbonyl (C=O) groups excluding carboxylic acids is 1. The largest absolute Gasteiger partial charge is 0.454 e. The standard InChI is InChI=1S/C22H24F3N3O3.C13H17N3O.C9H7F3O2/c1-2-28-19-13-17(27-9-11-31-12-10-27)7-8-18(19)26-20(28)21(30,22(23,24)25)16-5-3-15(14-29)4-6-16;1-2-15-10-14-12-4-3-11(9-13(12)15)16-5-7-17-8-6-16;10-9(11,12)8(14)7-3-1-6(5-13)2-4-7/h3-8,13,29-30H,2,9-12,14H2,1H3;3-4,9-10H,2,5-8H2,1H3;1-4,13H,5H2. The Labute approximate surface area is 353 Å². The Morgan fingerprint density at radius 2 is 1.18 bits per heavy atom. The molecule has 0 radical (unpaired) electrons. The zero-order chi connectivity index (χ0) is 44.7. The molecule has 0 amide bonds. The van der Waals surface area contributed by atoms with Crippen LogP contribution in [0.3, 0.4) is 0 Å². The highest BCUT2D eigenvalue weighted by molar-refractivity contribution is 6.00. The Morgan fingerprint density at radius 1 is 0.677 bits per heavy atom. The molecule has 2 saturated heterocycles. The second-order valence-corrected chi connectivity index (χ2v) is 14.5. The van der Waals surface area contributed by atoms with Gasteiger partial charge in [0.25, 0.3) is 5.78 Å². The quantitative estimate of drug-likeness (QED) is 0.103. The molecule has 332 valence electrons. The molecule has 12 nitrogen and oxygen atoms in total. The molecule has 0 spiro atoms. The zero-order valence-corrected chi connectivity index (χ0v) is 34.2. The third-order valence-corrected chi connectivity index (χ3v) is 10.7. The first-order chi connectivity index (χ1) is 29.6. The van der Waals surface area contributed by atoms with Gasteiger partial charge in [-0.3, -0.25) is 4.79 Å². The third-order valence-electron chi connectivity index (χ3n) is 10.7. The van der Waals surface area contributed by atoms with Crippen molar-refractivity contribution in [1.82, 2.24) is 19.1 Å². The summed E-state index contributed by atoms with van der Waals surface area (Å²) in [6, 6.07) is 21.5. The molecule has 2 fully saturated rings. The predicted molar refractivity (Wildman–Crippen MR) is 221 cm³/mol. The molecule has 3 N–H and O–H groups in total. The van der Waals surface area contributed by atoms with Crippen LogP contribution in [0.4, 0.5) is 37.7 Å². The Balaban J connectivity index is 0.000000173. The second kappa shape index (κ2) is 19.7. The number of anilines is 2. The van der Waals surface area contributed by atoms with Gasteiger partial charge in [-0.05, 0) is 61.4 Å². The van der Waals surface area contributed by atoms with Crippen LogP contribution < -0.4 is 9.80 Å². The van der Waals surface area contributed by atoms with E-state index in [1.807, 2.05) is 18.5 Å². The number of ether oxygens (including phenoxy) is 2. The van der Waals surface area contributed by atoms with Crippen LogP contribution >= 0.6 is 0 Å². The number of rotatable bonds is 9. The van der Waals surface area contributed by atoms with E-state index in [1.54, 1.807) is 13.0 Å². The van der Waals surface area contributed by atoms with Crippen LogP contribution in [0, 0.1) is 0 Å². The van der Waals surface area contributed by atoms with Gasteiger partial charge < -0.3 is 43.7 Å². The number of benzene rings is 4. The summed E-state index contributed by atoms with van der Waals surface area (Å²) in [6.45, 7) is 10.6. The second-order valence-electron chi connectivity index (χ2n) is 14.5. The van der Waals surface area contributed by atoms with Crippen LogP contribution in [-0.4, -0.2) is 105 Å². The maximum Gasteiger partial charge on any atom is 0.454 e. The molecule has 4 aromatic carbocycles. The van der Waals surface area contributed by atoms with Crippen LogP contribution in [0.1, 0.15) is 46.7 Å². The van der Waals surface area contributed by atoms with Gasteiger partial charge in [0.2, 0.25) is 5.60 Å². The number of halogens is 6. The van der Waals surface area contributed by atoms with Crippen molar-refractivity contribution >= 4 is 39.2 Å². The van der Waals surface area contributed by atoms with Crippen LogP contribution in [0.5, 0.6) is 0 Å². The van der Waals surface area contributed by atoms with Gasteiger partial charge in [0, 0.05) is 61.8 Å². The summed E-state index contributed by atoms with van der Waals surface area (Å²) in [5, 5.41) is 28.9. The molecule has 8 rings (SSSR count). The van der Waals surface area contributed by atoms with E-state index in [4.69, 9.17) is 14.6 Å². The number of alkyl halides is 6. The van der Waals surface area contributed by atoms with E-state index in [-0.39, 0.29) is 25.3 Å². The van der Waals surface area contributed by atoms with Gasteiger partial charge in [-0.15, -0.1) is 0 Å². The number of aliphatic hydroxyl groups is 3. The van der Waals surface area contributed by atoms with E-state index < -0.39 is 35.1 Å². The van der Waals surface area contributed by atoms with Crippen LogP contribution in [0.2, 0.25) is 0 Å². The number of aryl methyl sites for hydroxylation is 2. The topological polar surface area (TPSA) is 138 Å². The molecule has 2 aromatic heterocycles.